The summed E-state index contributed by atoms with van der Waals surface area (Å²) in [6, 6.07) is 24.4. The Morgan fingerprint density at radius 3 is 2.53 bits per heavy atom. The first kappa shape index (κ1) is 18.9. The molecule has 1 saturated carbocycles. The molecule has 0 spiro atoms. The molecule has 5 rings (SSSR count). The molecule has 5 nitrogen and oxygen atoms in total. The number of nitrogens with zero attached hydrogens (tertiary/aromatic N) is 3. The number of carbonyl (C=O) groups is 1. The lowest BCUT2D eigenvalue weighted by atomic mass is 10.1. The lowest BCUT2D eigenvalue weighted by Crippen LogP contribution is -2.15. The van der Waals surface area contributed by atoms with E-state index in [-0.39, 0.29) is 5.91 Å². The number of anilines is 1. The first-order valence-electron chi connectivity index (χ1n) is 10.1. The molecule has 1 fully saturated rings. The Hall–Kier alpha value is -3.12. The number of hydrogen-bond donors (Lipinski definition) is 1. The molecule has 0 unspecified atom stereocenters. The van der Waals surface area contributed by atoms with Crippen molar-refractivity contribution in [2.24, 2.45) is 0 Å². The van der Waals surface area contributed by atoms with Crippen molar-refractivity contribution < 1.29 is 4.79 Å². The molecule has 0 aliphatic heterocycles. The molecule has 150 valence electrons. The lowest BCUT2D eigenvalue weighted by molar-refractivity contribution is -0.113. The highest BCUT2D eigenvalue weighted by molar-refractivity contribution is 7.99. The predicted molar refractivity (Wildman–Crippen MR) is 121 cm³/mol. The number of hydrogen-bond acceptors (Lipinski definition) is 4. The highest BCUT2D eigenvalue weighted by Crippen LogP contribution is 2.40. The lowest BCUT2D eigenvalue weighted by Gasteiger charge is -2.10. The van der Waals surface area contributed by atoms with Gasteiger partial charge in [0, 0.05) is 11.6 Å². The third-order valence-electron chi connectivity index (χ3n) is 5.24. The summed E-state index contributed by atoms with van der Waals surface area (Å²) in [6.07, 6.45) is 2.33. The van der Waals surface area contributed by atoms with Crippen LogP contribution in [0.3, 0.4) is 0 Å². The first-order valence-corrected chi connectivity index (χ1v) is 11.1. The molecule has 0 atom stereocenters. The highest BCUT2D eigenvalue weighted by Gasteiger charge is 2.30. The monoisotopic (exact) mass is 414 g/mol. The van der Waals surface area contributed by atoms with E-state index in [0.717, 1.165) is 34.0 Å². The minimum Gasteiger partial charge on any atom is -0.325 e. The van der Waals surface area contributed by atoms with Gasteiger partial charge in [0.25, 0.3) is 0 Å². The molecule has 1 aromatic heterocycles. The molecule has 0 bridgehead atoms. The van der Waals surface area contributed by atoms with Crippen LogP contribution in [0.2, 0.25) is 0 Å². The van der Waals surface area contributed by atoms with E-state index in [1.807, 2.05) is 54.6 Å². The predicted octanol–water partition coefficient (Wildman–Crippen LogP) is 5.09. The fourth-order valence-corrected chi connectivity index (χ4v) is 4.30. The number of thioether (sulfide) groups is 1. The van der Waals surface area contributed by atoms with Crippen LogP contribution >= 0.6 is 11.8 Å². The van der Waals surface area contributed by atoms with Gasteiger partial charge in [0.2, 0.25) is 5.91 Å². The standard InChI is InChI=1S/C24H22N4OS/c29-22(25-21-13-12-18-8-4-5-9-20(18)14-21)16-30-24-27-26-23(19-10-11-19)28(24)15-17-6-2-1-3-7-17/h1-9,12-14,19H,10-11,15-16H2,(H,25,29). The summed E-state index contributed by atoms with van der Waals surface area (Å²) in [7, 11) is 0. The molecule has 4 aromatic rings. The van der Waals surface area contributed by atoms with Crippen molar-refractivity contribution in [1.82, 2.24) is 14.8 Å². The molecule has 1 aliphatic rings. The zero-order chi connectivity index (χ0) is 20.3. The van der Waals surface area contributed by atoms with Gasteiger partial charge >= 0.3 is 0 Å². The van der Waals surface area contributed by atoms with Crippen LogP contribution in [-0.4, -0.2) is 26.4 Å². The Bertz CT molecular complexity index is 1180. The number of aromatic nitrogens is 3. The largest absolute Gasteiger partial charge is 0.325 e. The van der Waals surface area contributed by atoms with Gasteiger partial charge in [-0.15, -0.1) is 10.2 Å². The van der Waals surface area contributed by atoms with Crippen LogP contribution in [0.25, 0.3) is 10.8 Å². The van der Waals surface area contributed by atoms with Gasteiger partial charge in [-0.2, -0.15) is 0 Å². The smallest absolute Gasteiger partial charge is 0.234 e. The third kappa shape index (κ3) is 4.24. The number of rotatable bonds is 7. The molecule has 1 heterocycles. The Labute approximate surface area is 179 Å². The van der Waals surface area contributed by atoms with Crippen LogP contribution in [0.15, 0.2) is 78.0 Å². The van der Waals surface area contributed by atoms with Crippen LogP contribution in [0, 0.1) is 0 Å². The van der Waals surface area contributed by atoms with Gasteiger partial charge in [0.15, 0.2) is 5.16 Å². The first-order chi connectivity index (χ1) is 14.8. The molecular formula is C24H22N4OS. The van der Waals surface area contributed by atoms with Gasteiger partial charge in [0.1, 0.15) is 5.82 Å². The van der Waals surface area contributed by atoms with Crippen molar-refractivity contribution in [1.29, 1.82) is 0 Å². The summed E-state index contributed by atoms with van der Waals surface area (Å²) in [6.45, 7) is 0.730. The molecule has 0 radical (unpaired) electrons. The van der Waals surface area contributed by atoms with E-state index in [0.29, 0.717) is 11.7 Å². The van der Waals surface area contributed by atoms with E-state index >= 15 is 0 Å². The van der Waals surface area contributed by atoms with Crippen molar-refractivity contribution >= 4 is 34.1 Å². The number of carbonyl (C=O) groups excluding carboxylic acids is 1. The van der Waals surface area contributed by atoms with Crippen molar-refractivity contribution in [3.63, 3.8) is 0 Å². The molecule has 1 aliphatic carbocycles. The third-order valence-corrected chi connectivity index (χ3v) is 6.20. The highest BCUT2D eigenvalue weighted by atomic mass is 32.2. The number of fused-ring (bicyclic) bond motifs is 1. The molecule has 0 saturated heterocycles. The zero-order valence-corrected chi connectivity index (χ0v) is 17.3. The van der Waals surface area contributed by atoms with E-state index in [1.54, 1.807) is 0 Å². The van der Waals surface area contributed by atoms with Gasteiger partial charge in [-0.3, -0.25) is 4.79 Å². The fourth-order valence-electron chi connectivity index (χ4n) is 3.56. The summed E-state index contributed by atoms with van der Waals surface area (Å²) in [4.78, 5) is 12.6. The molecule has 1 N–H and O–H groups in total. The Morgan fingerprint density at radius 2 is 1.73 bits per heavy atom. The molecule has 6 heteroatoms. The topological polar surface area (TPSA) is 59.8 Å². The van der Waals surface area contributed by atoms with Gasteiger partial charge in [-0.05, 0) is 41.3 Å². The summed E-state index contributed by atoms with van der Waals surface area (Å²) < 4.78 is 2.17. The van der Waals surface area contributed by atoms with Crippen LogP contribution in [0.1, 0.15) is 30.1 Å². The number of benzene rings is 3. The minimum absolute atomic E-state index is 0.0440. The van der Waals surface area contributed by atoms with E-state index in [4.69, 9.17) is 0 Å². The Balaban J connectivity index is 1.28. The van der Waals surface area contributed by atoms with Crippen LogP contribution < -0.4 is 5.32 Å². The van der Waals surface area contributed by atoms with Crippen molar-refractivity contribution in [2.45, 2.75) is 30.5 Å². The number of amides is 1. The van der Waals surface area contributed by atoms with Crippen molar-refractivity contribution in [3.8, 4) is 0 Å². The maximum absolute atomic E-state index is 12.6. The van der Waals surface area contributed by atoms with Gasteiger partial charge in [-0.25, -0.2) is 0 Å². The van der Waals surface area contributed by atoms with Gasteiger partial charge in [-0.1, -0.05) is 72.4 Å². The maximum atomic E-state index is 12.6. The summed E-state index contributed by atoms with van der Waals surface area (Å²) in [5.41, 5.74) is 2.02. The van der Waals surface area contributed by atoms with Crippen molar-refractivity contribution in [3.05, 3.63) is 84.2 Å². The van der Waals surface area contributed by atoms with Gasteiger partial charge in [0.05, 0.1) is 12.3 Å². The minimum atomic E-state index is -0.0440. The zero-order valence-electron chi connectivity index (χ0n) is 16.5. The quantitative estimate of drug-likeness (QED) is 0.428. The molecule has 3 aromatic carbocycles. The van der Waals surface area contributed by atoms with Crippen LogP contribution in [0.4, 0.5) is 5.69 Å². The normalized spacial score (nSPS) is 13.5. The van der Waals surface area contributed by atoms with E-state index in [9.17, 15) is 4.79 Å². The SMILES string of the molecule is O=C(CSc1nnc(C2CC2)n1Cc1ccccc1)Nc1ccc2ccccc2c1. The summed E-state index contributed by atoms with van der Waals surface area (Å²) >= 11 is 1.44. The second-order valence-corrected chi connectivity index (χ2v) is 8.53. The van der Waals surface area contributed by atoms with Crippen LogP contribution in [-0.2, 0) is 11.3 Å². The number of nitrogens with one attached hydrogen (secondary N) is 1. The summed E-state index contributed by atoms with van der Waals surface area (Å²) in [5.74, 6) is 1.79. The second-order valence-electron chi connectivity index (χ2n) is 7.59. The molecular weight excluding hydrogens is 392 g/mol. The van der Waals surface area contributed by atoms with E-state index in [1.165, 1.54) is 30.2 Å². The van der Waals surface area contributed by atoms with Gasteiger partial charge < -0.3 is 9.88 Å². The average molecular weight is 415 g/mol. The van der Waals surface area contributed by atoms with Crippen molar-refractivity contribution in [2.75, 3.05) is 11.1 Å². The maximum Gasteiger partial charge on any atom is 0.234 e. The van der Waals surface area contributed by atoms with E-state index < -0.39 is 0 Å². The fraction of sp³-hybridized carbons (Fsp3) is 0.208. The molecule has 1 amide bonds. The second kappa shape index (κ2) is 8.32. The summed E-state index contributed by atoms with van der Waals surface area (Å²) in [5, 5.41) is 14.9. The van der Waals surface area contributed by atoms with Crippen LogP contribution in [0.5, 0.6) is 0 Å². The Kier molecular flexibility index (Phi) is 5.24. The average Bonchev–Trinajstić information content (AvgIpc) is 3.54. The molecule has 30 heavy (non-hydrogen) atoms. The Morgan fingerprint density at radius 1 is 0.967 bits per heavy atom. The van der Waals surface area contributed by atoms with E-state index in [2.05, 4.69) is 38.3 Å².